The molecule has 80 valence electrons. The first-order valence-corrected chi connectivity index (χ1v) is 5.61. The lowest BCUT2D eigenvalue weighted by molar-refractivity contribution is 0.0914. The van der Waals surface area contributed by atoms with Crippen molar-refractivity contribution >= 4 is 22.0 Å². The van der Waals surface area contributed by atoms with Gasteiger partial charge in [-0.05, 0) is 18.6 Å². The summed E-state index contributed by atoms with van der Waals surface area (Å²) in [5.41, 5.74) is 0.747. The third kappa shape index (κ3) is 2.00. The molecule has 0 bridgehead atoms. The zero-order chi connectivity index (χ0) is 10.9. The Morgan fingerprint density at radius 1 is 1.47 bits per heavy atom. The van der Waals surface area contributed by atoms with E-state index >= 15 is 0 Å². The van der Waals surface area contributed by atoms with Crippen molar-refractivity contribution in [3.05, 3.63) is 34.3 Å². The van der Waals surface area contributed by atoms with Crippen molar-refractivity contribution in [1.82, 2.24) is 5.32 Å². The molecule has 1 amide bonds. The van der Waals surface area contributed by atoms with Crippen LogP contribution in [0.2, 0.25) is 0 Å². The van der Waals surface area contributed by atoms with Gasteiger partial charge in [-0.1, -0.05) is 34.1 Å². The third-order valence-electron chi connectivity index (χ3n) is 2.68. The van der Waals surface area contributed by atoms with Crippen molar-refractivity contribution < 1.29 is 9.53 Å². The van der Waals surface area contributed by atoms with Gasteiger partial charge in [-0.25, -0.2) is 4.79 Å². The van der Waals surface area contributed by atoms with Crippen LogP contribution in [0.5, 0.6) is 0 Å². The Labute approximate surface area is 96.9 Å². The van der Waals surface area contributed by atoms with Crippen LogP contribution in [-0.4, -0.2) is 12.7 Å². The second-order valence-electron chi connectivity index (χ2n) is 3.82. The molecule has 0 aromatic heterocycles. The SMILES string of the molecule is CC1(c2ccccc2Br)CCOC(=O)N1. The molecule has 0 radical (unpaired) electrons. The average molecular weight is 270 g/mol. The van der Waals surface area contributed by atoms with Crippen LogP contribution in [0.1, 0.15) is 18.9 Å². The fourth-order valence-corrected chi connectivity index (χ4v) is 2.50. The maximum absolute atomic E-state index is 11.2. The van der Waals surface area contributed by atoms with Gasteiger partial charge in [0.25, 0.3) is 0 Å². The molecule has 0 aliphatic carbocycles. The molecule has 1 unspecified atom stereocenters. The molecule has 1 aromatic carbocycles. The number of nitrogens with one attached hydrogen (secondary N) is 1. The number of ether oxygens (including phenoxy) is 1. The predicted molar refractivity (Wildman–Crippen MR) is 60.6 cm³/mol. The summed E-state index contributed by atoms with van der Waals surface area (Å²) < 4.78 is 5.88. The molecular formula is C11H12BrNO2. The van der Waals surface area contributed by atoms with Gasteiger partial charge < -0.3 is 10.1 Å². The maximum atomic E-state index is 11.2. The van der Waals surface area contributed by atoms with Crippen LogP contribution in [0.15, 0.2) is 28.7 Å². The Bertz CT molecular complexity index is 394. The molecule has 1 N–H and O–H groups in total. The van der Waals surface area contributed by atoms with E-state index in [-0.39, 0.29) is 11.6 Å². The lowest BCUT2D eigenvalue weighted by Gasteiger charge is -2.35. The Morgan fingerprint density at radius 2 is 2.20 bits per heavy atom. The summed E-state index contributed by atoms with van der Waals surface area (Å²) in [5, 5.41) is 2.86. The Hall–Kier alpha value is -1.03. The van der Waals surface area contributed by atoms with Crippen molar-refractivity contribution in [2.24, 2.45) is 0 Å². The fraction of sp³-hybridized carbons (Fsp3) is 0.364. The van der Waals surface area contributed by atoms with E-state index in [1.165, 1.54) is 0 Å². The van der Waals surface area contributed by atoms with E-state index in [9.17, 15) is 4.79 Å². The van der Waals surface area contributed by atoms with E-state index in [1.807, 2.05) is 31.2 Å². The summed E-state index contributed by atoms with van der Waals surface area (Å²) in [6.45, 7) is 2.47. The van der Waals surface area contributed by atoms with Crippen LogP contribution in [0.25, 0.3) is 0 Å². The first-order valence-electron chi connectivity index (χ1n) is 4.82. The minimum absolute atomic E-state index is 0.338. The summed E-state index contributed by atoms with van der Waals surface area (Å²) in [4.78, 5) is 11.2. The third-order valence-corrected chi connectivity index (χ3v) is 3.37. The number of cyclic esters (lactones) is 1. The van der Waals surface area contributed by atoms with Gasteiger partial charge >= 0.3 is 6.09 Å². The van der Waals surface area contributed by atoms with Gasteiger partial charge in [0, 0.05) is 10.9 Å². The molecule has 1 fully saturated rings. The summed E-state index contributed by atoms with van der Waals surface area (Å²) in [6, 6.07) is 7.91. The molecule has 1 aliphatic heterocycles. The molecule has 0 spiro atoms. The highest BCUT2D eigenvalue weighted by molar-refractivity contribution is 9.10. The van der Waals surface area contributed by atoms with Gasteiger partial charge in [0.05, 0.1) is 12.1 Å². The average Bonchev–Trinajstić information content (AvgIpc) is 2.17. The fourth-order valence-electron chi connectivity index (χ4n) is 1.78. The quantitative estimate of drug-likeness (QED) is 0.852. The topological polar surface area (TPSA) is 38.3 Å². The second-order valence-corrected chi connectivity index (χ2v) is 4.68. The predicted octanol–water partition coefficient (Wildman–Crippen LogP) is 2.79. The standard InChI is InChI=1S/C11H12BrNO2/c1-11(6-7-15-10(14)13-11)8-4-2-3-5-9(8)12/h2-5H,6-7H2,1H3,(H,13,14). The number of benzene rings is 1. The minimum atomic E-state index is -0.348. The molecule has 0 saturated carbocycles. The summed E-state index contributed by atoms with van der Waals surface area (Å²) in [6.07, 6.45) is 0.431. The Balaban J connectivity index is 2.36. The zero-order valence-electron chi connectivity index (χ0n) is 8.42. The minimum Gasteiger partial charge on any atom is -0.449 e. The van der Waals surface area contributed by atoms with Crippen LogP contribution < -0.4 is 5.32 Å². The summed E-state index contributed by atoms with van der Waals surface area (Å²) in [5.74, 6) is 0. The summed E-state index contributed by atoms with van der Waals surface area (Å²) in [7, 11) is 0. The van der Waals surface area contributed by atoms with Gasteiger partial charge in [0.15, 0.2) is 0 Å². The van der Waals surface area contributed by atoms with E-state index in [0.717, 1.165) is 16.5 Å². The van der Waals surface area contributed by atoms with Gasteiger partial charge in [0.1, 0.15) is 0 Å². The van der Waals surface area contributed by atoms with Crippen LogP contribution in [-0.2, 0) is 10.3 Å². The largest absolute Gasteiger partial charge is 0.449 e. The monoisotopic (exact) mass is 269 g/mol. The van der Waals surface area contributed by atoms with Crippen molar-refractivity contribution in [2.45, 2.75) is 18.9 Å². The van der Waals surface area contributed by atoms with Crippen LogP contribution in [0.4, 0.5) is 4.79 Å². The van der Waals surface area contributed by atoms with E-state index in [4.69, 9.17) is 4.74 Å². The first kappa shape index (κ1) is 10.5. The number of carbonyl (C=O) groups is 1. The molecule has 1 heterocycles. The summed E-state index contributed by atoms with van der Waals surface area (Å²) >= 11 is 3.49. The van der Waals surface area contributed by atoms with E-state index in [2.05, 4.69) is 21.2 Å². The highest BCUT2D eigenvalue weighted by Crippen LogP contribution is 2.32. The molecule has 1 aliphatic rings. The second kappa shape index (κ2) is 3.85. The van der Waals surface area contributed by atoms with E-state index < -0.39 is 0 Å². The van der Waals surface area contributed by atoms with Crippen LogP contribution >= 0.6 is 15.9 Å². The lowest BCUT2D eigenvalue weighted by Crippen LogP contribution is -2.48. The maximum Gasteiger partial charge on any atom is 0.407 e. The number of halogens is 1. The zero-order valence-corrected chi connectivity index (χ0v) is 10.0. The Kier molecular flexibility index (Phi) is 2.69. The van der Waals surface area contributed by atoms with Crippen LogP contribution in [0, 0.1) is 0 Å². The number of hydrogen-bond donors (Lipinski definition) is 1. The van der Waals surface area contributed by atoms with Crippen molar-refractivity contribution in [3.63, 3.8) is 0 Å². The van der Waals surface area contributed by atoms with Gasteiger partial charge in [-0.15, -0.1) is 0 Å². The highest BCUT2D eigenvalue weighted by Gasteiger charge is 2.34. The number of amides is 1. The van der Waals surface area contributed by atoms with Crippen molar-refractivity contribution in [2.75, 3.05) is 6.61 Å². The first-order chi connectivity index (χ1) is 7.12. The molecule has 1 aromatic rings. The number of carbonyl (C=O) groups excluding carboxylic acids is 1. The normalized spacial score (nSPS) is 25.6. The number of alkyl carbamates (subject to hydrolysis) is 1. The van der Waals surface area contributed by atoms with Crippen molar-refractivity contribution in [1.29, 1.82) is 0 Å². The molecule has 3 nitrogen and oxygen atoms in total. The molecular weight excluding hydrogens is 258 g/mol. The molecule has 4 heteroatoms. The highest BCUT2D eigenvalue weighted by atomic mass is 79.9. The molecule has 1 atom stereocenters. The molecule has 1 saturated heterocycles. The van der Waals surface area contributed by atoms with Gasteiger partial charge in [0.2, 0.25) is 0 Å². The number of hydrogen-bond acceptors (Lipinski definition) is 2. The van der Waals surface area contributed by atoms with E-state index in [0.29, 0.717) is 6.61 Å². The van der Waals surface area contributed by atoms with E-state index in [1.54, 1.807) is 0 Å². The van der Waals surface area contributed by atoms with Gasteiger partial charge in [-0.3, -0.25) is 0 Å². The van der Waals surface area contributed by atoms with Crippen molar-refractivity contribution in [3.8, 4) is 0 Å². The lowest BCUT2D eigenvalue weighted by atomic mass is 9.88. The van der Waals surface area contributed by atoms with Gasteiger partial charge in [-0.2, -0.15) is 0 Å². The Morgan fingerprint density at radius 3 is 2.87 bits per heavy atom. The molecule has 2 rings (SSSR count). The molecule has 15 heavy (non-hydrogen) atoms. The smallest absolute Gasteiger partial charge is 0.407 e. The number of rotatable bonds is 1. The van der Waals surface area contributed by atoms with Crippen LogP contribution in [0.3, 0.4) is 0 Å².